The highest BCUT2D eigenvalue weighted by Crippen LogP contribution is 2.19. The van der Waals surface area contributed by atoms with Gasteiger partial charge >= 0.3 is 0 Å². The van der Waals surface area contributed by atoms with Crippen LogP contribution in [0.25, 0.3) is 0 Å². The van der Waals surface area contributed by atoms with Crippen molar-refractivity contribution in [1.29, 1.82) is 0 Å². The second-order valence-corrected chi connectivity index (χ2v) is 7.32. The molecule has 0 unspecified atom stereocenters. The SMILES string of the molecule is CNC(=C[N+](=O)[O-])NCCSCc1csc(CN2CCCC2)n1. The molecule has 1 aromatic rings. The lowest BCUT2D eigenvalue weighted by atomic mass is 10.4. The highest BCUT2D eigenvalue weighted by molar-refractivity contribution is 7.98. The lowest BCUT2D eigenvalue weighted by Crippen LogP contribution is -2.26. The topological polar surface area (TPSA) is 83.3 Å². The fourth-order valence-corrected chi connectivity index (χ4v) is 4.05. The summed E-state index contributed by atoms with van der Waals surface area (Å²) in [4.78, 5) is 17.1. The highest BCUT2D eigenvalue weighted by atomic mass is 32.2. The van der Waals surface area contributed by atoms with Gasteiger partial charge in [0, 0.05) is 30.5 Å². The van der Waals surface area contributed by atoms with Gasteiger partial charge in [0.2, 0.25) is 0 Å². The van der Waals surface area contributed by atoms with Crippen molar-refractivity contribution in [3.63, 3.8) is 0 Å². The molecule has 128 valence electrons. The summed E-state index contributed by atoms with van der Waals surface area (Å²) >= 11 is 3.52. The quantitative estimate of drug-likeness (QED) is 0.376. The molecule has 23 heavy (non-hydrogen) atoms. The van der Waals surface area contributed by atoms with E-state index >= 15 is 0 Å². The highest BCUT2D eigenvalue weighted by Gasteiger charge is 2.13. The summed E-state index contributed by atoms with van der Waals surface area (Å²) in [6, 6.07) is 0. The molecule has 0 amide bonds. The van der Waals surface area contributed by atoms with Gasteiger partial charge in [-0.05, 0) is 25.9 Å². The fraction of sp³-hybridized carbons (Fsp3) is 0.643. The van der Waals surface area contributed by atoms with Gasteiger partial charge in [-0.15, -0.1) is 11.3 Å². The third-order valence-electron chi connectivity index (χ3n) is 3.47. The Bertz CT molecular complexity index is 529. The summed E-state index contributed by atoms with van der Waals surface area (Å²) in [5, 5.41) is 19.5. The first-order valence-electron chi connectivity index (χ1n) is 7.67. The first kappa shape index (κ1) is 18.0. The molecule has 0 radical (unpaired) electrons. The van der Waals surface area contributed by atoms with Gasteiger partial charge in [-0.25, -0.2) is 4.98 Å². The van der Waals surface area contributed by atoms with Crippen LogP contribution in [0.15, 0.2) is 17.4 Å². The minimum absolute atomic E-state index is 0.428. The number of likely N-dealkylation sites (tertiary alicyclic amines) is 1. The molecule has 7 nitrogen and oxygen atoms in total. The Hall–Kier alpha value is -1.32. The van der Waals surface area contributed by atoms with E-state index in [2.05, 4.69) is 25.9 Å². The van der Waals surface area contributed by atoms with Crippen molar-refractivity contribution in [3.05, 3.63) is 38.2 Å². The van der Waals surface area contributed by atoms with E-state index in [1.807, 2.05) is 0 Å². The molecule has 2 heterocycles. The van der Waals surface area contributed by atoms with Crippen LogP contribution in [0.1, 0.15) is 23.5 Å². The maximum absolute atomic E-state index is 10.4. The van der Waals surface area contributed by atoms with Gasteiger partial charge in [-0.2, -0.15) is 11.8 Å². The molecule has 0 saturated carbocycles. The van der Waals surface area contributed by atoms with E-state index in [4.69, 9.17) is 0 Å². The predicted octanol–water partition coefficient (Wildman–Crippen LogP) is 1.86. The number of aromatic nitrogens is 1. The predicted molar refractivity (Wildman–Crippen MR) is 94.9 cm³/mol. The third kappa shape index (κ3) is 6.76. The molecule has 1 aliphatic heterocycles. The van der Waals surface area contributed by atoms with Crippen LogP contribution >= 0.6 is 23.1 Å². The van der Waals surface area contributed by atoms with E-state index in [0.29, 0.717) is 12.4 Å². The van der Waals surface area contributed by atoms with E-state index in [9.17, 15) is 10.1 Å². The molecule has 9 heteroatoms. The molecule has 0 spiro atoms. The Morgan fingerprint density at radius 2 is 2.35 bits per heavy atom. The molecule has 1 saturated heterocycles. The van der Waals surface area contributed by atoms with Crippen LogP contribution < -0.4 is 10.6 Å². The third-order valence-corrected chi connectivity index (χ3v) is 5.35. The lowest BCUT2D eigenvalue weighted by molar-refractivity contribution is -0.404. The van der Waals surface area contributed by atoms with E-state index in [1.165, 1.54) is 30.9 Å². The van der Waals surface area contributed by atoms with Crippen LogP contribution in [0.5, 0.6) is 0 Å². The van der Waals surface area contributed by atoms with Gasteiger partial charge in [0.1, 0.15) is 5.01 Å². The maximum Gasteiger partial charge on any atom is 0.274 e. The Kier molecular flexibility index (Phi) is 7.63. The van der Waals surface area contributed by atoms with E-state index < -0.39 is 4.92 Å². The second-order valence-electron chi connectivity index (χ2n) is 5.27. The Morgan fingerprint density at radius 1 is 1.57 bits per heavy atom. The van der Waals surface area contributed by atoms with Crippen molar-refractivity contribution < 1.29 is 4.92 Å². The minimum atomic E-state index is -0.469. The van der Waals surface area contributed by atoms with E-state index in [0.717, 1.165) is 29.9 Å². The molecule has 2 N–H and O–H groups in total. The van der Waals surface area contributed by atoms with Gasteiger partial charge in [0.15, 0.2) is 5.82 Å². The summed E-state index contributed by atoms with van der Waals surface area (Å²) < 4.78 is 0. The van der Waals surface area contributed by atoms with Crippen LogP contribution in [-0.4, -0.2) is 47.2 Å². The van der Waals surface area contributed by atoms with Gasteiger partial charge in [0.05, 0.1) is 17.2 Å². The largest absolute Gasteiger partial charge is 0.370 e. The molecule has 0 aromatic carbocycles. The monoisotopic (exact) mass is 357 g/mol. The van der Waals surface area contributed by atoms with Crippen molar-refractivity contribution in [3.8, 4) is 0 Å². The summed E-state index contributed by atoms with van der Waals surface area (Å²) in [5.74, 6) is 2.18. The summed E-state index contributed by atoms with van der Waals surface area (Å²) in [5.41, 5.74) is 1.13. The van der Waals surface area contributed by atoms with Crippen molar-refractivity contribution in [2.24, 2.45) is 0 Å². The average molecular weight is 358 g/mol. The van der Waals surface area contributed by atoms with Gasteiger partial charge < -0.3 is 10.6 Å². The summed E-state index contributed by atoms with van der Waals surface area (Å²) in [6.07, 6.45) is 3.55. The average Bonchev–Trinajstić information content (AvgIpc) is 3.18. The lowest BCUT2D eigenvalue weighted by Gasteiger charge is -2.11. The van der Waals surface area contributed by atoms with Crippen molar-refractivity contribution in [2.75, 3.05) is 32.4 Å². The minimum Gasteiger partial charge on any atom is -0.370 e. The number of nitrogens with zero attached hydrogens (tertiary/aromatic N) is 3. The Morgan fingerprint density at radius 3 is 3.04 bits per heavy atom. The number of nitro groups is 1. The first-order valence-corrected chi connectivity index (χ1v) is 9.71. The molecule has 0 aliphatic carbocycles. The molecular weight excluding hydrogens is 334 g/mol. The Balaban J connectivity index is 1.62. The number of rotatable bonds is 10. The van der Waals surface area contributed by atoms with E-state index in [-0.39, 0.29) is 0 Å². The number of hydrogen-bond donors (Lipinski definition) is 2. The molecular formula is C14H23N5O2S2. The van der Waals surface area contributed by atoms with Crippen molar-refractivity contribution in [2.45, 2.75) is 25.1 Å². The number of nitrogens with one attached hydrogen (secondary N) is 2. The summed E-state index contributed by atoms with van der Waals surface area (Å²) in [7, 11) is 1.66. The maximum atomic E-state index is 10.4. The normalized spacial score (nSPS) is 15.8. The van der Waals surface area contributed by atoms with Gasteiger partial charge in [0.25, 0.3) is 6.20 Å². The molecule has 1 fully saturated rings. The molecule has 0 bridgehead atoms. The van der Waals surface area contributed by atoms with Crippen LogP contribution in [0, 0.1) is 10.1 Å². The van der Waals surface area contributed by atoms with Crippen LogP contribution in [0.3, 0.4) is 0 Å². The van der Waals surface area contributed by atoms with Crippen LogP contribution in [0.4, 0.5) is 0 Å². The first-order chi connectivity index (χ1) is 11.2. The number of hydrogen-bond acceptors (Lipinski definition) is 8. The molecule has 2 rings (SSSR count). The van der Waals surface area contributed by atoms with Crippen LogP contribution in [0.2, 0.25) is 0 Å². The molecule has 1 aliphatic rings. The summed E-state index contributed by atoms with van der Waals surface area (Å²) in [6.45, 7) is 4.05. The molecule has 0 atom stereocenters. The second kappa shape index (κ2) is 9.74. The Labute approximate surface area is 144 Å². The zero-order valence-corrected chi connectivity index (χ0v) is 14.9. The zero-order valence-electron chi connectivity index (χ0n) is 13.3. The van der Waals surface area contributed by atoms with Crippen molar-refractivity contribution >= 4 is 23.1 Å². The van der Waals surface area contributed by atoms with Gasteiger partial charge in [-0.1, -0.05) is 0 Å². The van der Waals surface area contributed by atoms with Crippen LogP contribution in [-0.2, 0) is 12.3 Å². The smallest absolute Gasteiger partial charge is 0.274 e. The fourth-order valence-electron chi connectivity index (χ4n) is 2.36. The van der Waals surface area contributed by atoms with E-state index in [1.54, 1.807) is 30.1 Å². The zero-order chi connectivity index (χ0) is 16.5. The van der Waals surface area contributed by atoms with Gasteiger partial charge in [-0.3, -0.25) is 15.0 Å². The standard InChI is InChI=1S/C14H23N5O2S2/c1-15-13(8-19(20)21)16-4-7-22-10-12-11-23-14(17-12)9-18-5-2-3-6-18/h8,11,15-16H,2-7,9-10H2,1H3. The number of thiazole rings is 1. The molecule has 1 aromatic heterocycles. The van der Waals surface area contributed by atoms with Crippen molar-refractivity contribution in [1.82, 2.24) is 20.5 Å². The number of thioether (sulfide) groups is 1.